The quantitative estimate of drug-likeness (QED) is 0.0444. The maximum atomic E-state index is 13.9. The standard InChI is InChI=1S/C59H85N11O17S/c1-7-26-22(3)32-15-34-24(5)28(46(69-34)29(13-42(72)73)47-43(56(79)80)25(6)35(70-47)17-37-27(8-2)23(4)33(68-37)16-36(26)67-32)9-10-41(71)66-11-12-88-20-40-55(86-58-45(65)52(78)50(76)39(19-61)84-58)59(81,21-82-40)87-54-48(74)30(62)14-31(63)53(54)85-57-44(64)51(77)49(75)38(18-60)83-57/h7,15-17,24,28,30-31,38-40,44-45,48-55,57-58,67,70,74-78,81H,1,8-14,18-21,60-65H2,2-6H3,(H,66,71)(H,72,73)(H,79,80)/t24-,28-,30+,31?,38?,39+,40+,44?,45?,48?,49+,50+,51+,52?,53+,54+,55-,57+,58+,59+/m0/s1. The molecule has 3 aromatic rings. The monoisotopic (exact) mass is 1250 g/mol. The number of amides is 1. The lowest BCUT2D eigenvalue weighted by atomic mass is 9.84. The minimum absolute atomic E-state index is 0.00166. The first kappa shape index (κ1) is 67.0. The summed E-state index contributed by atoms with van der Waals surface area (Å²) in [6.45, 7) is 12.7. The van der Waals surface area contributed by atoms with E-state index in [-0.39, 0.29) is 78.9 Å². The number of carbonyl (C=O) groups excluding carboxylic acids is 1. The molecule has 88 heavy (non-hydrogen) atoms. The molecule has 29 heteroatoms. The normalized spacial score (nSPS) is 34.3. The molecule has 1 aliphatic carbocycles. The van der Waals surface area contributed by atoms with E-state index in [9.17, 15) is 55.2 Å². The lowest BCUT2D eigenvalue weighted by Gasteiger charge is -2.48. The number of thioether (sulfide) groups is 1. The summed E-state index contributed by atoms with van der Waals surface area (Å²) in [5.41, 5.74) is 45.6. The second kappa shape index (κ2) is 27.6. The van der Waals surface area contributed by atoms with E-state index in [1.807, 2.05) is 39.8 Å². The third kappa shape index (κ3) is 13.2. The van der Waals surface area contributed by atoms with Crippen molar-refractivity contribution in [1.82, 2.24) is 25.3 Å². The fourth-order valence-electron chi connectivity index (χ4n) is 12.9. The number of nitrogens with two attached hydrogens (primary N) is 6. The van der Waals surface area contributed by atoms with Crippen molar-refractivity contribution in [3.8, 4) is 0 Å². The summed E-state index contributed by atoms with van der Waals surface area (Å²) in [7, 11) is 0. The van der Waals surface area contributed by atoms with Gasteiger partial charge in [0, 0.05) is 94.9 Å². The Balaban J connectivity index is 0.946. The highest BCUT2D eigenvalue weighted by molar-refractivity contribution is 7.99. The lowest BCUT2D eigenvalue weighted by Crippen LogP contribution is -2.69. The predicted molar refractivity (Wildman–Crippen MR) is 324 cm³/mol. The summed E-state index contributed by atoms with van der Waals surface area (Å²) in [4.78, 5) is 56.9. The zero-order valence-corrected chi connectivity index (χ0v) is 50.6. The van der Waals surface area contributed by atoms with Gasteiger partial charge in [0.05, 0.1) is 58.9 Å². The van der Waals surface area contributed by atoms with Gasteiger partial charge in [-0.15, -0.1) is 0 Å². The molecule has 1 saturated carbocycles. The number of aliphatic hydroxyl groups excluding tert-OH is 5. The van der Waals surface area contributed by atoms with Gasteiger partial charge in [-0.05, 0) is 80.5 Å². The predicted octanol–water partition coefficient (Wildman–Crippen LogP) is -1.11. The number of ether oxygens (including phenoxy) is 6. The number of carbonyl (C=O) groups is 3. The number of nitrogens with zero attached hydrogens (tertiary/aromatic N) is 2. The minimum Gasteiger partial charge on any atom is -0.481 e. The number of carboxylic acids is 2. The molecule has 3 saturated heterocycles. The van der Waals surface area contributed by atoms with Gasteiger partial charge >= 0.3 is 11.9 Å². The van der Waals surface area contributed by atoms with Crippen LogP contribution in [-0.2, 0) is 44.4 Å². The summed E-state index contributed by atoms with van der Waals surface area (Å²) >= 11 is 1.29. The van der Waals surface area contributed by atoms with Gasteiger partial charge in [0.25, 0.3) is 0 Å². The molecular weight excluding hydrogens is 1170 g/mol. The smallest absolute Gasteiger partial charge is 0.338 e. The van der Waals surface area contributed by atoms with Gasteiger partial charge in [-0.3, -0.25) is 14.6 Å². The van der Waals surface area contributed by atoms with E-state index in [4.69, 9.17) is 72.8 Å². The highest BCUT2D eigenvalue weighted by Crippen LogP contribution is 2.44. The first-order chi connectivity index (χ1) is 41.7. The summed E-state index contributed by atoms with van der Waals surface area (Å²) in [5, 5.41) is 91.3. The fourth-order valence-corrected chi connectivity index (χ4v) is 13.8. The molecule has 8 bridgehead atoms. The molecule has 484 valence electrons. The number of aliphatic hydroxyl groups is 6. The molecule has 0 radical (unpaired) electrons. The van der Waals surface area contributed by atoms with Crippen LogP contribution in [0, 0.1) is 13.8 Å². The number of aromatic carboxylic acids is 1. The van der Waals surface area contributed by atoms with Crippen LogP contribution in [0.2, 0.25) is 0 Å². The molecule has 5 aliphatic heterocycles. The van der Waals surface area contributed by atoms with Crippen molar-refractivity contribution in [1.29, 1.82) is 0 Å². The summed E-state index contributed by atoms with van der Waals surface area (Å²) < 4.78 is 36.8. The van der Waals surface area contributed by atoms with Crippen molar-refractivity contribution >= 4 is 68.9 Å². The summed E-state index contributed by atoms with van der Waals surface area (Å²) in [6.07, 6.45) is -16.3. The van der Waals surface area contributed by atoms with Crippen LogP contribution in [-0.4, -0.2) is 226 Å². The number of nitrogens with one attached hydrogen (secondary N) is 3. The molecule has 23 N–H and O–H groups in total. The van der Waals surface area contributed by atoms with Crippen LogP contribution in [0.25, 0.3) is 39.3 Å². The number of aromatic nitrogens is 4. The molecule has 6 aliphatic rings. The molecule has 6 unspecified atom stereocenters. The topological polar surface area (TPSA) is 494 Å². The van der Waals surface area contributed by atoms with Gasteiger partial charge in [-0.25, -0.2) is 9.78 Å². The zero-order chi connectivity index (χ0) is 64.0. The van der Waals surface area contributed by atoms with Crippen molar-refractivity contribution in [3.63, 3.8) is 0 Å². The van der Waals surface area contributed by atoms with Crippen LogP contribution in [0.1, 0.15) is 114 Å². The SMILES string of the molecule is C=Cc1c(C)c2cc3nc(c(CC(=O)O)c4[nH]c(cc5nc(cc1[nH]2)C(C)=C5CC)c(C)c4C(=O)O)[C@@H](CCC(=O)NCCSC[C@H]1OC[C@@](O)(O[C@@H]2C(O)[C@H](N)CC(N)[C@H]2O[C@H]2OC(CN)[C@@H](O)[C@H](O)C2N)[C@H]1O[C@H]1O[C@H](CN)[C@@H](O)C(O)C1N)[C@@H]3C. The summed E-state index contributed by atoms with van der Waals surface area (Å²) in [6, 6.07) is 0.957. The number of H-pyrrole nitrogens is 2. The van der Waals surface area contributed by atoms with Crippen LogP contribution in [0.15, 0.2) is 24.8 Å². The molecule has 4 fully saturated rings. The lowest BCUT2D eigenvalue weighted by molar-refractivity contribution is -0.350. The molecular formula is C59H85N11O17S. The number of aryl methyl sites for hydroxylation is 2. The Hall–Kier alpha value is -5.36. The van der Waals surface area contributed by atoms with Crippen LogP contribution >= 0.6 is 11.8 Å². The van der Waals surface area contributed by atoms with Gasteiger partial charge < -0.3 is 119 Å². The van der Waals surface area contributed by atoms with Crippen LogP contribution in [0.5, 0.6) is 0 Å². The Kier molecular flexibility index (Phi) is 21.0. The largest absolute Gasteiger partial charge is 0.481 e. The van der Waals surface area contributed by atoms with Crippen LogP contribution in [0.4, 0.5) is 0 Å². The highest BCUT2D eigenvalue weighted by atomic mass is 32.2. The number of aliphatic carboxylic acids is 1. The van der Waals surface area contributed by atoms with Gasteiger partial charge in [-0.2, -0.15) is 11.8 Å². The van der Waals surface area contributed by atoms with Crippen molar-refractivity contribution in [2.75, 3.05) is 37.7 Å². The number of hydrogen-bond donors (Lipinski definition) is 17. The molecule has 0 spiro atoms. The number of hydrogen-bond acceptors (Lipinski definition) is 24. The van der Waals surface area contributed by atoms with Gasteiger partial charge in [0.15, 0.2) is 12.6 Å². The summed E-state index contributed by atoms with van der Waals surface area (Å²) in [5.74, 6) is -5.90. The fraction of sp³-hybridized carbons (Fsp3) is 0.610. The van der Waals surface area contributed by atoms with Crippen LogP contribution < -0.4 is 39.7 Å². The minimum atomic E-state index is -2.48. The molecule has 20 atom stereocenters. The van der Waals surface area contributed by atoms with Gasteiger partial charge in [0.2, 0.25) is 11.7 Å². The molecule has 9 rings (SSSR count). The second-order valence-corrected chi connectivity index (χ2v) is 24.8. The first-order valence-electron chi connectivity index (χ1n) is 29.6. The number of rotatable bonds is 21. The molecule has 1 amide bonds. The van der Waals surface area contributed by atoms with E-state index in [1.165, 1.54) is 11.8 Å². The Bertz CT molecular complexity index is 3290. The molecule has 3 aromatic heterocycles. The molecule has 8 heterocycles. The third-order valence-corrected chi connectivity index (χ3v) is 19.1. The van der Waals surface area contributed by atoms with Gasteiger partial charge in [-0.1, -0.05) is 26.5 Å². The van der Waals surface area contributed by atoms with E-state index in [1.54, 1.807) is 19.1 Å². The average molecular weight is 1250 g/mol. The van der Waals surface area contributed by atoms with E-state index in [0.29, 0.717) is 34.6 Å². The number of aromatic amines is 2. The van der Waals surface area contributed by atoms with Crippen molar-refractivity contribution in [2.24, 2.45) is 34.4 Å². The van der Waals surface area contributed by atoms with Crippen LogP contribution in [0.3, 0.4) is 0 Å². The average Bonchev–Trinajstić information content (AvgIpc) is 3.98. The maximum Gasteiger partial charge on any atom is 0.338 e. The Morgan fingerprint density at radius 3 is 2.08 bits per heavy atom. The third-order valence-electron chi connectivity index (χ3n) is 18.0. The highest BCUT2D eigenvalue weighted by Gasteiger charge is 2.58. The Morgan fingerprint density at radius 2 is 1.47 bits per heavy atom. The number of carboxylic acid groups (broad SMARTS) is 2. The number of allylic oxidation sites excluding steroid dienone is 2. The second-order valence-electron chi connectivity index (χ2n) is 23.7. The van der Waals surface area contributed by atoms with Gasteiger partial charge in [0.1, 0.15) is 61.5 Å². The maximum absolute atomic E-state index is 13.9. The van der Waals surface area contributed by atoms with Crippen molar-refractivity contribution in [3.05, 3.63) is 75.4 Å². The van der Waals surface area contributed by atoms with Crippen molar-refractivity contribution in [2.45, 2.75) is 188 Å². The van der Waals surface area contributed by atoms with E-state index in [0.717, 1.165) is 39.0 Å². The molecule has 28 nitrogen and oxygen atoms in total. The van der Waals surface area contributed by atoms with E-state index >= 15 is 0 Å². The Labute approximate surface area is 511 Å². The number of fused-ring (bicyclic) bond motifs is 8. The Morgan fingerprint density at radius 1 is 0.830 bits per heavy atom. The zero-order valence-electron chi connectivity index (χ0n) is 49.8. The van der Waals surface area contributed by atoms with E-state index < -0.39 is 141 Å². The van der Waals surface area contributed by atoms with Crippen molar-refractivity contribution < 1.29 is 83.7 Å². The van der Waals surface area contributed by atoms with E-state index in [2.05, 4.69) is 21.9 Å². The molecule has 0 aromatic carbocycles. The first-order valence-corrected chi connectivity index (χ1v) is 30.8.